The van der Waals surface area contributed by atoms with E-state index in [9.17, 15) is 10.1 Å². The number of hydrogen-bond donors (Lipinski definition) is 0. The Morgan fingerprint density at radius 3 is 2.35 bits per heavy atom. The molecule has 1 aliphatic rings. The second-order valence-corrected chi connectivity index (χ2v) is 6.82. The highest BCUT2D eigenvalue weighted by molar-refractivity contribution is 5.68. The Balaban J connectivity index is 2.49. The van der Waals surface area contributed by atoms with Crippen molar-refractivity contribution in [2.45, 2.75) is 71.8 Å². The lowest BCUT2D eigenvalue weighted by atomic mass is 9.76. The molecule has 0 aromatic rings. The van der Waals surface area contributed by atoms with Crippen molar-refractivity contribution in [2.75, 3.05) is 13.1 Å². The lowest BCUT2D eigenvalue weighted by Crippen LogP contribution is -2.44. The van der Waals surface area contributed by atoms with Gasteiger partial charge >= 0.3 is 6.09 Å². The molecule has 1 amide bonds. The molecule has 0 aromatic heterocycles. The van der Waals surface area contributed by atoms with Gasteiger partial charge in [-0.1, -0.05) is 26.2 Å². The molecular formula is C16H28N2O2. The second-order valence-electron chi connectivity index (χ2n) is 6.82. The van der Waals surface area contributed by atoms with Gasteiger partial charge in [0.1, 0.15) is 5.60 Å². The van der Waals surface area contributed by atoms with Crippen LogP contribution in [0.3, 0.4) is 0 Å². The molecule has 0 saturated carbocycles. The fourth-order valence-corrected chi connectivity index (χ4v) is 2.57. The summed E-state index contributed by atoms with van der Waals surface area (Å²) >= 11 is 0. The summed E-state index contributed by atoms with van der Waals surface area (Å²) in [6.45, 7) is 9.06. The number of carbonyl (C=O) groups excluding carboxylic acids is 1. The Hall–Kier alpha value is -1.24. The topological polar surface area (TPSA) is 53.3 Å². The maximum atomic E-state index is 12.0. The number of nitriles is 1. The van der Waals surface area contributed by atoms with Crippen LogP contribution in [0.2, 0.25) is 0 Å². The van der Waals surface area contributed by atoms with Crippen molar-refractivity contribution in [3.63, 3.8) is 0 Å². The molecule has 0 spiro atoms. The van der Waals surface area contributed by atoms with Crippen LogP contribution in [0.15, 0.2) is 0 Å². The lowest BCUT2D eigenvalue weighted by molar-refractivity contribution is 0.0141. The second kappa shape index (κ2) is 6.97. The highest BCUT2D eigenvalue weighted by atomic mass is 16.6. The summed E-state index contributed by atoms with van der Waals surface area (Å²) in [5, 5.41) is 9.47. The van der Waals surface area contributed by atoms with Gasteiger partial charge in [0, 0.05) is 13.1 Å². The van der Waals surface area contributed by atoms with Crippen molar-refractivity contribution in [3.05, 3.63) is 0 Å². The largest absolute Gasteiger partial charge is 0.444 e. The van der Waals surface area contributed by atoms with Gasteiger partial charge in [0.05, 0.1) is 11.5 Å². The van der Waals surface area contributed by atoms with Gasteiger partial charge in [0.2, 0.25) is 0 Å². The van der Waals surface area contributed by atoms with E-state index in [1.165, 1.54) is 12.8 Å². The molecule has 1 rings (SSSR count). The third-order valence-corrected chi connectivity index (χ3v) is 3.87. The van der Waals surface area contributed by atoms with Crippen LogP contribution in [0.1, 0.15) is 66.2 Å². The Kier molecular flexibility index (Phi) is 5.86. The number of amides is 1. The van der Waals surface area contributed by atoms with Gasteiger partial charge < -0.3 is 9.64 Å². The molecule has 4 heteroatoms. The summed E-state index contributed by atoms with van der Waals surface area (Å²) in [6.07, 6.45) is 5.71. The Morgan fingerprint density at radius 2 is 1.90 bits per heavy atom. The van der Waals surface area contributed by atoms with Crippen molar-refractivity contribution in [1.29, 1.82) is 5.26 Å². The fraction of sp³-hybridized carbons (Fsp3) is 0.875. The molecule has 0 radical (unpaired) electrons. The van der Waals surface area contributed by atoms with Crippen LogP contribution in [0.25, 0.3) is 0 Å². The van der Waals surface area contributed by atoms with E-state index in [2.05, 4.69) is 13.0 Å². The van der Waals surface area contributed by atoms with E-state index in [0.717, 1.165) is 25.7 Å². The van der Waals surface area contributed by atoms with Crippen LogP contribution in [0, 0.1) is 16.7 Å². The zero-order valence-electron chi connectivity index (χ0n) is 13.4. The molecule has 1 aliphatic heterocycles. The van der Waals surface area contributed by atoms with E-state index in [0.29, 0.717) is 13.1 Å². The third kappa shape index (κ3) is 5.03. The minimum absolute atomic E-state index is 0.228. The molecule has 0 N–H and O–H groups in total. The van der Waals surface area contributed by atoms with E-state index in [1.807, 2.05) is 20.8 Å². The summed E-state index contributed by atoms with van der Waals surface area (Å²) in [7, 11) is 0. The summed E-state index contributed by atoms with van der Waals surface area (Å²) in [5.74, 6) is 0. The molecule has 20 heavy (non-hydrogen) atoms. The molecule has 0 bridgehead atoms. The van der Waals surface area contributed by atoms with Crippen molar-refractivity contribution >= 4 is 6.09 Å². The van der Waals surface area contributed by atoms with Crippen LogP contribution in [-0.2, 0) is 4.74 Å². The summed E-state index contributed by atoms with van der Waals surface area (Å²) in [6, 6.07) is 2.51. The van der Waals surface area contributed by atoms with E-state index >= 15 is 0 Å². The van der Waals surface area contributed by atoms with Crippen LogP contribution < -0.4 is 0 Å². The molecule has 114 valence electrons. The maximum Gasteiger partial charge on any atom is 0.410 e. The summed E-state index contributed by atoms with van der Waals surface area (Å²) in [4.78, 5) is 13.7. The summed E-state index contributed by atoms with van der Waals surface area (Å²) in [5.41, 5.74) is -0.685. The number of rotatable bonds is 4. The molecule has 0 aromatic carbocycles. The van der Waals surface area contributed by atoms with Gasteiger partial charge in [-0.15, -0.1) is 0 Å². The SMILES string of the molecule is CCCCCC1(C#N)CCN(C(=O)OC(C)(C)C)CC1. The first-order chi connectivity index (χ1) is 9.32. The van der Waals surface area contributed by atoms with Crippen molar-refractivity contribution < 1.29 is 9.53 Å². The zero-order valence-corrected chi connectivity index (χ0v) is 13.4. The molecule has 0 unspecified atom stereocenters. The van der Waals surface area contributed by atoms with Crippen LogP contribution >= 0.6 is 0 Å². The van der Waals surface area contributed by atoms with Crippen molar-refractivity contribution in [3.8, 4) is 6.07 Å². The van der Waals surface area contributed by atoms with Crippen LogP contribution in [0.4, 0.5) is 4.79 Å². The average Bonchev–Trinajstić information content (AvgIpc) is 2.38. The van der Waals surface area contributed by atoms with Gasteiger partial charge in [-0.25, -0.2) is 4.79 Å². The van der Waals surface area contributed by atoms with Gasteiger partial charge in [0.15, 0.2) is 0 Å². The minimum atomic E-state index is -0.456. The average molecular weight is 280 g/mol. The smallest absolute Gasteiger partial charge is 0.410 e. The zero-order chi connectivity index (χ0) is 15.2. The predicted octanol–water partition coefficient (Wildman–Crippen LogP) is 4.11. The third-order valence-electron chi connectivity index (χ3n) is 3.87. The summed E-state index contributed by atoms with van der Waals surface area (Å²) < 4.78 is 5.38. The first-order valence-corrected chi connectivity index (χ1v) is 7.71. The Bertz CT molecular complexity index is 358. The van der Waals surface area contributed by atoms with E-state index < -0.39 is 5.60 Å². The molecule has 0 aliphatic carbocycles. The highest BCUT2D eigenvalue weighted by Crippen LogP contribution is 2.36. The lowest BCUT2D eigenvalue weighted by Gasteiger charge is -2.37. The number of hydrogen-bond acceptors (Lipinski definition) is 3. The molecule has 0 atom stereocenters. The number of nitrogens with zero attached hydrogens (tertiary/aromatic N) is 2. The van der Waals surface area contributed by atoms with Gasteiger partial charge in [-0.3, -0.25) is 0 Å². The van der Waals surface area contributed by atoms with E-state index in [4.69, 9.17) is 4.74 Å². The first kappa shape index (κ1) is 16.8. The molecule has 1 fully saturated rings. The minimum Gasteiger partial charge on any atom is -0.444 e. The molecule has 1 heterocycles. The highest BCUT2D eigenvalue weighted by Gasteiger charge is 2.36. The number of unbranched alkanes of at least 4 members (excludes halogenated alkanes) is 2. The van der Waals surface area contributed by atoms with Gasteiger partial charge in [-0.05, 0) is 40.0 Å². The molecular weight excluding hydrogens is 252 g/mol. The quantitative estimate of drug-likeness (QED) is 0.728. The van der Waals surface area contributed by atoms with E-state index in [1.54, 1.807) is 4.90 Å². The first-order valence-electron chi connectivity index (χ1n) is 7.71. The monoisotopic (exact) mass is 280 g/mol. The van der Waals surface area contributed by atoms with Gasteiger partial charge in [0.25, 0.3) is 0 Å². The van der Waals surface area contributed by atoms with Crippen molar-refractivity contribution in [2.24, 2.45) is 5.41 Å². The van der Waals surface area contributed by atoms with Crippen LogP contribution in [-0.4, -0.2) is 29.7 Å². The molecule has 4 nitrogen and oxygen atoms in total. The predicted molar refractivity (Wildman–Crippen MR) is 79.2 cm³/mol. The fourth-order valence-electron chi connectivity index (χ4n) is 2.57. The van der Waals surface area contributed by atoms with Crippen LogP contribution in [0.5, 0.6) is 0 Å². The Labute approximate surface area is 123 Å². The Morgan fingerprint density at radius 1 is 1.30 bits per heavy atom. The van der Waals surface area contributed by atoms with Gasteiger partial charge in [-0.2, -0.15) is 5.26 Å². The number of carbonyl (C=O) groups is 1. The molecule has 1 saturated heterocycles. The van der Waals surface area contributed by atoms with Crippen molar-refractivity contribution in [1.82, 2.24) is 4.90 Å². The number of piperidine rings is 1. The van der Waals surface area contributed by atoms with E-state index in [-0.39, 0.29) is 11.5 Å². The normalized spacial score (nSPS) is 18.4. The standard InChI is InChI=1S/C16H28N2O2/c1-5-6-7-8-16(13-17)9-11-18(12-10-16)14(19)20-15(2,3)4/h5-12H2,1-4H3. The number of likely N-dealkylation sites (tertiary alicyclic amines) is 1. The maximum absolute atomic E-state index is 12.0. The number of ether oxygens (including phenoxy) is 1.